The first-order valence-electron chi connectivity index (χ1n) is 3.43. The molecule has 0 spiro atoms. The van der Waals surface area contributed by atoms with E-state index in [1.807, 2.05) is 0 Å². The van der Waals surface area contributed by atoms with Gasteiger partial charge in [-0.3, -0.25) is 9.78 Å². The summed E-state index contributed by atoms with van der Waals surface area (Å²) >= 11 is 0. The molecule has 0 aliphatic carbocycles. The Labute approximate surface area is 67.5 Å². The molecule has 0 fully saturated rings. The Bertz CT molecular complexity index is 476. The third-order valence-corrected chi connectivity index (χ3v) is 1.63. The molecule has 4 nitrogen and oxygen atoms in total. The van der Waals surface area contributed by atoms with Crippen LogP contribution in [0.1, 0.15) is 0 Å². The summed E-state index contributed by atoms with van der Waals surface area (Å²) in [6.07, 6.45) is 2.83. The molecule has 0 saturated heterocycles. The van der Waals surface area contributed by atoms with Gasteiger partial charge in [0.25, 0.3) is 0 Å². The van der Waals surface area contributed by atoms with Gasteiger partial charge < -0.3 is 10.1 Å². The quantitative estimate of drug-likeness (QED) is 0.597. The number of hydrogen-bond donors (Lipinski definition) is 2. The molecule has 0 aliphatic rings. The molecule has 2 N–H and O–H groups in total. The average molecular weight is 162 g/mol. The summed E-state index contributed by atoms with van der Waals surface area (Å²) in [6.45, 7) is 0. The monoisotopic (exact) mass is 162 g/mol. The number of hydrogen-bond acceptors (Lipinski definition) is 3. The molecule has 0 bridgehead atoms. The highest BCUT2D eigenvalue weighted by molar-refractivity contribution is 5.83. The van der Waals surface area contributed by atoms with Gasteiger partial charge in [0.05, 0.1) is 17.9 Å². The molecule has 0 unspecified atom stereocenters. The minimum atomic E-state index is -0.199. The van der Waals surface area contributed by atoms with E-state index in [2.05, 4.69) is 9.97 Å². The molecule has 2 heterocycles. The van der Waals surface area contributed by atoms with Gasteiger partial charge >= 0.3 is 0 Å². The molecule has 0 atom stereocenters. The van der Waals surface area contributed by atoms with E-state index < -0.39 is 0 Å². The highest BCUT2D eigenvalue weighted by Gasteiger charge is 1.98. The number of H-pyrrole nitrogens is 1. The molecule has 0 amide bonds. The minimum absolute atomic E-state index is 0.0729. The van der Waals surface area contributed by atoms with Gasteiger partial charge in [0.1, 0.15) is 5.75 Å². The van der Waals surface area contributed by atoms with Crippen molar-refractivity contribution in [3.63, 3.8) is 0 Å². The molecule has 12 heavy (non-hydrogen) atoms. The van der Waals surface area contributed by atoms with Gasteiger partial charge in [-0.15, -0.1) is 0 Å². The van der Waals surface area contributed by atoms with Gasteiger partial charge in [0.2, 0.25) is 5.56 Å². The van der Waals surface area contributed by atoms with Crippen LogP contribution >= 0.6 is 0 Å². The van der Waals surface area contributed by atoms with E-state index in [-0.39, 0.29) is 11.3 Å². The molecular formula is C8H6N2O2. The van der Waals surface area contributed by atoms with Crippen LogP contribution in [0.15, 0.2) is 29.3 Å². The smallest absolute Gasteiger partial charge is 0.248 e. The SMILES string of the molecule is O=c1ccc2c(O)cncc2[nH]1. The number of aromatic amines is 1. The summed E-state index contributed by atoms with van der Waals surface area (Å²) in [7, 11) is 0. The van der Waals surface area contributed by atoms with Gasteiger partial charge in [0, 0.05) is 11.5 Å². The first-order valence-corrected chi connectivity index (χ1v) is 3.43. The van der Waals surface area contributed by atoms with Crippen LogP contribution in [0.5, 0.6) is 5.75 Å². The van der Waals surface area contributed by atoms with E-state index in [1.54, 1.807) is 6.07 Å². The van der Waals surface area contributed by atoms with Crippen molar-refractivity contribution in [3.8, 4) is 5.75 Å². The predicted molar refractivity (Wildman–Crippen MR) is 44.0 cm³/mol. The lowest BCUT2D eigenvalue weighted by Gasteiger charge is -1.97. The molecule has 2 aromatic heterocycles. The molecule has 2 aromatic rings. The van der Waals surface area contributed by atoms with Crippen molar-refractivity contribution >= 4 is 10.9 Å². The van der Waals surface area contributed by atoms with Gasteiger partial charge in [0.15, 0.2) is 0 Å². The minimum Gasteiger partial charge on any atom is -0.506 e. The van der Waals surface area contributed by atoms with Crippen LogP contribution in [0.2, 0.25) is 0 Å². The average Bonchev–Trinajstić information content (AvgIpc) is 2.04. The highest BCUT2D eigenvalue weighted by atomic mass is 16.3. The van der Waals surface area contributed by atoms with Crippen molar-refractivity contribution in [3.05, 3.63) is 34.9 Å². The van der Waals surface area contributed by atoms with Crippen molar-refractivity contribution < 1.29 is 5.11 Å². The fourth-order valence-electron chi connectivity index (χ4n) is 1.07. The second-order valence-electron chi connectivity index (χ2n) is 2.44. The Morgan fingerprint density at radius 1 is 1.33 bits per heavy atom. The normalized spacial score (nSPS) is 10.3. The fraction of sp³-hybridized carbons (Fsp3) is 0. The largest absolute Gasteiger partial charge is 0.506 e. The summed E-state index contributed by atoms with van der Waals surface area (Å²) in [5.41, 5.74) is 0.345. The Morgan fingerprint density at radius 3 is 3.00 bits per heavy atom. The van der Waals surface area contributed by atoms with E-state index >= 15 is 0 Å². The maximum Gasteiger partial charge on any atom is 0.248 e. The Balaban J connectivity index is 2.96. The Kier molecular flexibility index (Phi) is 1.33. The second-order valence-corrected chi connectivity index (χ2v) is 2.44. The first-order chi connectivity index (χ1) is 5.77. The number of aromatic hydroxyl groups is 1. The lowest BCUT2D eigenvalue weighted by Crippen LogP contribution is -2.02. The zero-order chi connectivity index (χ0) is 8.55. The van der Waals surface area contributed by atoms with Crippen molar-refractivity contribution in [1.29, 1.82) is 0 Å². The highest BCUT2D eigenvalue weighted by Crippen LogP contribution is 2.18. The molecule has 4 heteroatoms. The van der Waals surface area contributed by atoms with E-state index in [0.29, 0.717) is 10.9 Å². The van der Waals surface area contributed by atoms with Crippen molar-refractivity contribution in [2.24, 2.45) is 0 Å². The van der Waals surface area contributed by atoms with Gasteiger partial charge in [-0.1, -0.05) is 0 Å². The van der Waals surface area contributed by atoms with Crippen LogP contribution < -0.4 is 5.56 Å². The van der Waals surface area contributed by atoms with E-state index in [9.17, 15) is 9.90 Å². The van der Waals surface area contributed by atoms with Crippen LogP contribution in [-0.4, -0.2) is 15.1 Å². The molecule has 2 rings (SSSR count). The topological polar surface area (TPSA) is 66.0 Å². The Hall–Kier alpha value is -1.84. The molecule has 0 aromatic carbocycles. The van der Waals surface area contributed by atoms with Gasteiger partial charge in [-0.2, -0.15) is 0 Å². The van der Waals surface area contributed by atoms with E-state index in [1.165, 1.54) is 18.5 Å². The summed E-state index contributed by atoms with van der Waals surface area (Å²) in [4.78, 5) is 17.1. The fourth-order valence-corrected chi connectivity index (χ4v) is 1.07. The van der Waals surface area contributed by atoms with Gasteiger partial charge in [-0.25, -0.2) is 0 Å². The number of nitrogens with one attached hydrogen (secondary N) is 1. The standard InChI is InChI=1S/C8H6N2O2/c11-7-4-9-3-6-5(7)1-2-8(12)10-6/h1-4,11H,(H,10,12). The number of nitrogens with zero attached hydrogens (tertiary/aromatic N) is 1. The maximum absolute atomic E-state index is 10.8. The molecule has 0 saturated carbocycles. The van der Waals surface area contributed by atoms with E-state index in [4.69, 9.17) is 0 Å². The molecular weight excluding hydrogens is 156 g/mol. The first kappa shape index (κ1) is 6.84. The lowest BCUT2D eigenvalue weighted by atomic mass is 10.2. The predicted octanol–water partition coefficient (Wildman–Crippen LogP) is 0.629. The van der Waals surface area contributed by atoms with Crippen LogP contribution in [0.3, 0.4) is 0 Å². The number of pyridine rings is 2. The van der Waals surface area contributed by atoms with Crippen molar-refractivity contribution in [2.45, 2.75) is 0 Å². The maximum atomic E-state index is 10.8. The van der Waals surface area contributed by atoms with Crippen LogP contribution in [0, 0.1) is 0 Å². The Morgan fingerprint density at radius 2 is 2.17 bits per heavy atom. The molecule has 60 valence electrons. The van der Waals surface area contributed by atoms with Crippen LogP contribution in [0.4, 0.5) is 0 Å². The number of aromatic nitrogens is 2. The second kappa shape index (κ2) is 2.34. The van der Waals surface area contributed by atoms with Crippen LogP contribution in [0.25, 0.3) is 10.9 Å². The summed E-state index contributed by atoms with van der Waals surface area (Å²) in [5, 5.41) is 9.88. The third-order valence-electron chi connectivity index (χ3n) is 1.63. The lowest BCUT2D eigenvalue weighted by molar-refractivity contribution is 0.479. The number of rotatable bonds is 0. The summed E-state index contributed by atoms with van der Waals surface area (Å²) < 4.78 is 0. The zero-order valence-electron chi connectivity index (χ0n) is 6.11. The van der Waals surface area contributed by atoms with Gasteiger partial charge in [-0.05, 0) is 6.07 Å². The number of fused-ring (bicyclic) bond motifs is 1. The van der Waals surface area contributed by atoms with Crippen LogP contribution in [-0.2, 0) is 0 Å². The van der Waals surface area contributed by atoms with Crippen molar-refractivity contribution in [2.75, 3.05) is 0 Å². The van der Waals surface area contributed by atoms with E-state index in [0.717, 1.165) is 0 Å². The molecule has 0 aliphatic heterocycles. The van der Waals surface area contributed by atoms with Crippen molar-refractivity contribution in [1.82, 2.24) is 9.97 Å². The third kappa shape index (κ3) is 0.934. The summed E-state index contributed by atoms with van der Waals surface area (Å²) in [5.74, 6) is 0.0729. The molecule has 0 radical (unpaired) electrons. The summed E-state index contributed by atoms with van der Waals surface area (Å²) in [6, 6.07) is 2.92. The zero-order valence-corrected chi connectivity index (χ0v) is 6.11.